The lowest BCUT2D eigenvalue weighted by Gasteiger charge is -2.26. The molecule has 4 heterocycles. The van der Waals surface area contributed by atoms with Gasteiger partial charge in [0.2, 0.25) is 11.9 Å². The number of rotatable bonds is 3. The minimum Gasteiger partial charge on any atom is -0.278 e. The second-order valence-corrected chi connectivity index (χ2v) is 17.3. The predicted octanol–water partition coefficient (Wildman–Crippen LogP) is 12.7. The Balaban J connectivity index is 1.35. The van der Waals surface area contributed by atoms with Crippen LogP contribution in [0.1, 0.15) is 52.7 Å². The number of hydrogen-bond acceptors (Lipinski definition) is 4. The van der Waals surface area contributed by atoms with Gasteiger partial charge in [-0.2, -0.15) is 15.0 Å². The summed E-state index contributed by atoms with van der Waals surface area (Å²) in [6.07, 6.45) is 0. The Kier molecular flexibility index (Phi) is 6.80. The summed E-state index contributed by atoms with van der Waals surface area (Å²) in [5, 5.41) is 7.19. The second kappa shape index (κ2) is 11.3. The maximum Gasteiger partial charge on any atom is 0.240 e. The van der Waals surface area contributed by atoms with E-state index in [-0.39, 0.29) is 10.8 Å². The van der Waals surface area contributed by atoms with E-state index in [0.717, 1.165) is 27.6 Å². The quantitative estimate of drug-likeness (QED) is 0.184. The van der Waals surface area contributed by atoms with Crippen LogP contribution in [-0.4, -0.2) is 24.1 Å². The lowest BCUT2D eigenvalue weighted by Crippen LogP contribution is -2.18. The van der Waals surface area contributed by atoms with Crippen LogP contribution in [0.15, 0.2) is 127 Å². The van der Waals surface area contributed by atoms with E-state index in [0.29, 0.717) is 17.7 Å². The van der Waals surface area contributed by atoms with Gasteiger partial charge in [-0.1, -0.05) is 120 Å². The fourth-order valence-corrected chi connectivity index (χ4v) is 9.08. The van der Waals surface area contributed by atoms with Gasteiger partial charge in [-0.15, -0.1) is 11.3 Å². The molecule has 53 heavy (non-hydrogen) atoms. The van der Waals surface area contributed by atoms with Crippen molar-refractivity contribution in [3.05, 3.63) is 139 Å². The minimum absolute atomic E-state index is 0.0219. The average molecular weight is 706 g/mol. The topological polar surface area (TPSA) is 48.5 Å². The number of fused-ring (bicyclic) bond motifs is 9. The summed E-state index contributed by atoms with van der Waals surface area (Å²) in [4.78, 5) is 16.2. The lowest BCUT2D eigenvalue weighted by molar-refractivity contribution is 0.572. The molecule has 0 N–H and O–H groups in total. The zero-order chi connectivity index (χ0) is 36.2. The fourth-order valence-electron chi connectivity index (χ4n) is 8.00. The van der Waals surface area contributed by atoms with Crippen molar-refractivity contribution in [2.75, 3.05) is 0 Å². The molecule has 0 fully saturated rings. The number of benzene rings is 6. The third-order valence-electron chi connectivity index (χ3n) is 10.7. The van der Waals surface area contributed by atoms with E-state index >= 15 is 0 Å². The zero-order valence-corrected chi connectivity index (χ0v) is 31.6. The number of para-hydroxylation sites is 3. The van der Waals surface area contributed by atoms with Crippen molar-refractivity contribution in [3.63, 3.8) is 0 Å². The Hall–Kier alpha value is -5.85. The number of thiophene rings is 1. The molecule has 0 unspecified atom stereocenters. The minimum atomic E-state index is -0.151. The number of nitrogens with zero attached hydrogens (tertiary/aromatic N) is 5. The first kappa shape index (κ1) is 31.9. The van der Waals surface area contributed by atoms with E-state index in [1.165, 1.54) is 52.8 Å². The monoisotopic (exact) mass is 705 g/mol. The Morgan fingerprint density at radius 3 is 1.60 bits per heavy atom. The molecule has 0 amide bonds. The first-order chi connectivity index (χ1) is 25.5. The largest absolute Gasteiger partial charge is 0.278 e. The zero-order valence-electron chi connectivity index (χ0n) is 30.8. The highest BCUT2D eigenvalue weighted by Gasteiger charge is 2.28. The van der Waals surface area contributed by atoms with Crippen LogP contribution in [0.4, 0.5) is 0 Å². The average Bonchev–Trinajstić information content (AvgIpc) is 3.81. The Bertz CT molecular complexity index is 3040. The van der Waals surface area contributed by atoms with Crippen molar-refractivity contribution in [2.45, 2.75) is 52.4 Å². The Labute approximate surface area is 312 Å². The molecule has 0 aliphatic heterocycles. The van der Waals surface area contributed by atoms with Gasteiger partial charge in [0.05, 0.1) is 22.1 Å². The van der Waals surface area contributed by atoms with Crippen LogP contribution in [0, 0.1) is 0 Å². The molecule has 10 aromatic rings. The van der Waals surface area contributed by atoms with Gasteiger partial charge in [0.25, 0.3) is 0 Å². The van der Waals surface area contributed by atoms with E-state index in [1.54, 1.807) is 0 Å². The second-order valence-electron chi connectivity index (χ2n) is 16.2. The van der Waals surface area contributed by atoms with Crippen molar-refractivity contribution in [3.8, 4) is 23.3 Å². The smallest absolute Gasteiger partial charge is 0.240 e. The van der Waals surface area contributed by atoms with E-state index in [2.05, 4.69) is 178 Å². The molecule has 10 rings (SSSR count). The molecule has 0 aliphatic rings. The van der Waals surface area contributed by atoms with E-state index in [9.17, 15) is 0 Å². The molecule has 6 heteroatoms. The highest BCUT2D eigenvalue weighted by molar-refractivity contribution is 7.25. The van der Waals surface area contributed by atoms with Gasteiger partial charge in [-0.3, -0.25) is 9.13 Å². The predicted molar refractivity (Wildman–Crippen MR) is 224 cm³/mol. The molecule has 0 radical (unpaired) electrons. The van der Waals surface area contributed by atoms with E-state index in [1.807, 2.05) is 11.3 Å². The molecule has 6 aromatic carbocycles. The van der Waals surface area contributed by atoms with Crippen LogP contribution in [-0.2, 0) is 10.8 Å². The van der Waals surface area contributed by atoms with Gasteiger partial charge in [-0.25, -0.2) is 0 Å². The van der Waals surface area contributed by atoms with Crippen LogP contribution >= 0.6 is 11.3 Å². The van der Waals surface area contributed by atoms with Crippen molar-refractivity contribution in [1.82, 2.24) is 24.1 Å². The van der Waals surface area contributed by atoms with Crippen molar-refractivity contribution < 1.29 is 0 Å². The highest BCUT2D eigenvalue weighted by Crippen LogP contribution is 2.42. The molecule has 0 atom stereocenters. The standard InChI is InChI=1S/C47H39N5S/c1-46(2,3)29-26-35-32-17-9-13-21-39(32)52(42(35)36(27-29)47(4,5)6)45-49-43(28-23-24-41-34(25-28)33-18-10-14-22-40(33)53-41)48-44(50-45)51-37-19-11-7-15-30(37)31-16-8-12-20-38(31)51/h7-27H,1-6H3. The summed E-state index contributed by atoms with van der Waals surface area (Å²) in [6, 6.07) is 45.8. The molecular formula is C47H39N5S. The molecule has 0 saturated heterocycles. The Morgan fingerprint density at radius 2 is 0.981 bits per heavy atom. The summed E-state index contributed by atoms with van der Waals surface area (Å²) in [5.74, 6) is 1.83. The van der Waals surface area contributed by atoms with Gasteiger partial charge < -0.3 is 0 Å². The normalized spacial score (nSPS) is 12.7. The van der Waals surface area contributed by atoms with Gasteiger partial charge >= 0.3 is 0 Å². The Morgan fingerprint density at radius 1 is 0.453 bits per heavy atom. The van der Waals surface area contributed by atoms with Gasteiger partial charge in [-0.05, 0) is 70.5 Å². The van der Waals surface area contributed by atoms with Crippen LogP contribution in [0.25, 0.3) is 87.1 Å². The number of hydrogen-bond donors (Lipinski definition) is 0. The molecule has 0 bridgehead atoms. The van der Waals surface area contributed by atoms with Crippen molar-refractivity contribution >= 4 is 75.1 Å². The van der Waals surface area contributed by atoms with E-state index in [4.69, 9.17) is 15.0 Å². The van der Waals surface area contributed by atoms with Crippen molar-refractivity contribution in [2.24, 2.45) is 0 Å². The van der Waals surface area contributed by atoms with Crippen LogP contribution in [0.3, 0.4) is 0 Å². The van der Waals surface area contributed by atoms with Gasteiger partial charge in [0, 0.05) is 47.3 Å². The van der Waals surface area contributed by atoms with E-state index < -0.39 is 0 Å². The van der Waals surface area contributed by atoms with Crippen molar-refractivity contribution in [1.29, 1.82) is 0 Å². The molecule has 5 nitrogen and oxygen atoms in total. The third kappa shape index (κ3) is 4.92. The maximum atomic E-state index is 5.45. The fraction of sp³-hybridized carbons (Fsp3) is 0.170. The molecule has 0 aliphatic carbocycles. The maximum absolute atomic E-state index is 5.45. The summed E-state index contributed by atoms with van der Waals surface area (Å²) in [5.41, 5.74) is 7.69. The number of aromatic nitrogens is 5. The molecule has 258 valence electrons. The van der Waals surface area contributed by atoms with Crippen LogP contribution in [0.5, 0.6) is 0 Å². The molecule has 4 aromatic heterocycles. The molecule has 0 spiro atoms. The lowest BCUT2D eigenvalue weighted by atomic mass is 9.79. The summed E-state index contributed by atoms with van der Waals surface area (Å²) in [6.45, 7) is 13.8. The molecular weight excluding hydrogens is 667 g/mol. The third-order valence-corrected chi connectivity index (χ3v) is 11.8. The first-order valence-corrected chi connectivity index (χ1v) is 19.1. The summed E-state index contributed by atoms with van der Waals surface area (Å²) in [7, 11) is 0. The summed E-state index contributed by atoms with van der Waals surface area (Å²) >= 11 is 1.82. The van der Waals surface area contributed by atoms with Crippen LogP contribution < -0.4 is 0 Å². The highest BCUT2D eigenvalue weighted by atomic mass is 32.1. The first-order valence-electron chi connectivity index (χ1n) is 18.3. The SMILES string of the molecule is CC(C)(C)c1cc(C(C)(C)C)c2c(c1)c1ccccc1n2-c1nc(-c2ccc3sc4ccccc4c3c2)nc(-n2c3ccccc3c3ccccc32)n1. The van der Waals surface area contributed by atoms with Gasteiger partial charge in [0.1, 0.15) is 0 Å². The van der Waals surface area contributed by atoms with Crippen LogP contribution in [0.2, 0.25) is 0 Å². The summed E-state index contributed by atoms with van der Waals surface area (Å²) < 4.78 is 7.02. The molecule has 0 saturated carbocycles. The van der Waals surface area contributed by atoms with Gasteiger partial charge in [0.15, 0.2) is 5.82 Å².